The SMILES string of the molecule is CCc1ccsc1CN1CCCC(N)C1. The van der Waals surface area contributed by atoms with Gasteiger partial charge in [-0.15, -0.1) is 11.3 Å². The molecular formula is C12H20N2S. The minimum atomic E-state index is 0.392. The van der Waals surface area contributed by atoms with Crippen molar-refractivity contribution in [1.82, 2.24) is 4.90 Å². The van der Waals surface area contributed by atoms with E-state index in [-0.39, 0.29) is 0 Å². The van der Waals surface area contributed by atoms with Crippen molar-refractivity contribution in [2.45, 2.75) is 38.8 Å². The third kappa shape index (κ3) is 2.80. The Morgan fingerprint density at radius 3 is 3.20 bits per heavy atom. The smallest absolute Gasteiger partial charge is 0.0331 e. The number of hydrogen-bond acceptors (Lipinski definition) is 3. The average molecular weight is 224 g/mol. The van der Waals surface area contributed by atoms with Crippen LogP contribution in [0.1, 0.15) is 30.2 Å². The molecule has 0 bridgehead atoms. The van der Waals surface area contributed by atoms with E-state index < -0.39 is 0 Å². The van der Waals surface area contributed by atoms with E-state index in [1.165, 1.54) is 29.8 Å². The Bertz CT molecular complexity index is 308. The van der Waals surface area contributed by atoms with Gasteiger partial charge >= 0.3 is 0 Å². The lowest BCUT2D eigenvalue weighted by atomic mass is 10.1. The van der Waals surface area contributed by atoms with Crippen LogP contribution in [-0.4, -0.2) is 24.0 Å². The van der Waals surface area contributed by atoms with Crippen molar-refractivity contribution in [3.05, 3.63) is 21.9 Å². The van der Waals surface area contributed by atoms with Crippen LogP contribution >= 0.6 is 11.3 Å². The van der Waals surface area contributed by atoms with Crippen LogP contribution in [0.4, 0.5) is 0 Å². The molecule has 0 radical (unpaired) electrons. The molecule has 15 heavy (non-hydrogen) atoms. The topological polar surface area (TPSA) is 29.3 Å². The fourth-order valence-corrected chi connectivity index (χ4v) is 3.28. The van der Waals surface area contributed by atoms with Crippen LogP contribution in [0.5, 0.6) is 0 Å². The van der Waals surface area contributed by atoms with E-state index in [0.717, 1.165) is 19.5 Å². The van der Waals surface area contributed by atoms with Crippen molar-refractivity contribution in [3.63, 3.8) is 0 Å². The molecule has 2 N–H and O–H groups in total. The Balaban J connectivity index is 1.96. The summed E-state index contributed by atoms with van der Waals surface area (Å²) in [4.78, 5) is 4.03. The van der Waals surface area contributed by atoms with E-state index in [1.54, 1.807) is 0 Å². The molecule has 0 aliphatic carbocycles. The normalized spacial score (nSPS) is 23.2. The summed E-state index contributed by atoms with van der Waals surface area (Å²) in [5, 5.41) is 2.21. The molecule has 1 aromatic rings. The fourth-order valence-electron chi connectivity index (χ4n) is 2.26. The van der Waals surface area contributed by atoms with Gasteiger partial charge in [0.05, 0.1) is 0 Å². The van der Waals surface area contributed by atoms with Crippen LogP contribution in [0.25, 0.3) is 0 Å². The number of piperidine rings is 1. The summed E-state index contributed by atoms with van der Waals surface area (Å²) in [6.45, 7) is 5.62. The molecule has 1 saturated heterocycles. The van der Waals surface area contributed by atoms with E-state index in [0.29, 0.717) is 6.04 Å². The first-order valence-electron chi connectivity index (χ1n) is 5.82. The zero-order chi connectivity index (χ0) is 10.7. The predicted octanol–water partition coefficient (Wildman–Crippen LogP) is 2.23. The number of nitrogens with zero attached hydrogens (tertiary/aromatic N) is 1. The molecule has 2 rings (SSSR count). The molecule has 2 heterocycles. The Morgan fingerprint density at radius 1 is 1.60 bits per heavy atom. The molecule has 0 amide bonds. The second-order valence-corrected chi connectivity index (χ2v) is 5.36. The summed E-state index contributed by atoms with van der Waals surface area (Å²) in [6, 6.07) is 2.65. The summed E-state index contributed by atoms with van der Waals surface area (Å²) in [5.74, 6) is 0. The molecule has 0 aromatic carbocycles. The van der Waals surface area contributed by atoms with E-state index >= 15 is 0 Å². The van der Waals surface area contributed by atoms with Gasteiger partial charge in [0.2, 0.25) is 0 Å². The van der Waals surface area contributed by atoms with Crippen LogP contribution in [0.15, 0.2) is 11.4 Å². The zero-order valence-corrected chi connectivity index (χ0v) is 10.2. The number of likely N-dealkylation sites (tertiary alicyclic amines) is 1. The standard InChI is InChI=1S/C12H20N2S/c1-2-10-5-7-15-12(10)9-14-6-3-4-11(13)8-14/h5,7,11H,2-4,6,8-9,13H2,1H3. The Morgan fingerprint density at radius 2 is 2.47 bits per heavy atom. The monoisotopic (exact) mass is 224 g/mol. The highest BCUT2D eigenvalue weighted by molar-refractivity contribution is 7.10. The van der Waals surface area contributed by atoms with Crippen molar-refractivity contribution in [3.8, 4) is 0 Å². The number of thiophene rings is 1. The van der Waals surface area contributed by atoms with Crippen LogP contribution in [-0.2, 0) is 13.0 Å². The van der Waals surface area contributed by atoms with Gasteiger partial charge in [0.25, 0.3) is 0 Å². The van der Waals surface area contributed by atoms with Crippen LogP contribution in [0.3, 0.4) is 0 Å². The van der Waals surface area contributed by atoms with Crippen molar-refractivity contribution < 1.29 is 0 Å². The first-order chi connectivity index (χ1) is 7.29. The van der Waals surface area contributed by atoms with Gasteiger partial charge in [-0.3, -0.25) is 4.90 Å². The Kier molecular flexibility index (Phi) is 3.78. The molecule has 84 valence electrons. The van der Waals surface area contributed by atoms with Gasteiger partial charge in [-0.05, 0) is 42.8 Å². The summed E-state index contributed by atoms with van der Waals surface area (Å²) >= 11 is 1.89. The summed E-state index contributed by atoms with van der Waals surface area (Å²) in [5.41, 5.74) is 7.50. The van der Waals surface area contributed by atoms with Crippen molar-refractivity contribution in [2.75, 3.05) is 13.1 Å². The molecule has 0 spiro atoms. The third-order valence-electron chi connectivity index (χ3n) is 3.13. The van der Waals surface area contributed by atoms with Crippen molar-refractivity contribution in [1.29, 1.82) is 0 Å². The lowest BCUT2D eigenvalue weighted by Crippen LogP contribution is -2.42. The fraction of sp³-hybridized carbons (Fsp3) is 0.667. The quantitative estimate of drug-likeness (QED) is 0.853. The molecule has 1 aliphatic heterocycles. The summed E-state index contributed by atoms with van der Waals surface area (Å²) in [7, 11) is 0. The highest BCUT2D eigenvalue weighted by atomic mass is 32.1. The van der Waals surface area contributed by atoms with E-state index in [4.69, 9.17) is 5.73 Å². The van der Waals surface area contributed by atoms with Gasteiger partial charge < -0.3 is 5.73 Å². The van der Waals surface area contributed by atoms with Crippen molar-refractivity contribution >= 4 is 11.3 Å². The molecule has 0 saturated carbocycles. The molecule has 2 nitrogen and oxygen atoms in total. The number of aryl methyl sites for hydroxylation is 1. The molecule has 1 unspecified atom stereocenters. The summed E-state index contributed by atoms with van der Waals surface area (Å²) < 4.78 is 0. The first-order valence-corrected chi connectivity index (χ1v) is 6.70. The van der Waals surface area contributed by atoms with Gasteiger partial charge in [0.15, 0.2) is 0 Å². The van der Waals surface area contributed by atoms with E-state index in [1.807, 2.05) is 11.3 Å². The van der Waals surface area contributed by atoms with Gasteiger partial charge in [-0.25, -0.2) is 0 Å². The van der Waals surface area contributed by atoms with Crippen LogP contribution < -0.4 is 5.73 Å². The number of hydrogen-bond donors (Lipinski definition) is 1. The summed E-state index contributed by atoms with van der Waals surface area (Å²) in [6.07, 6.45) is 3.61. The molecular weight excluding hydrogens is 204 g/mol. The second-order valence-electron chi connectivity index (χ2n) is 4.36. The Hall–Kier alpha value is -0.380. The average Bonchev–Trinajstić information content (AvgIpc) is 2.65. The van der Waals surface area contributed by atoms with Gasteiger partial charge in [-0.2, -0.15) is 0 Å². The van der Waals surface area contributed by atoms with Crippen LogP contribution in [0.2, 0.25) is 0 Å². The molecule has 3 heteroatoms. The number of rotatable bonds is 3. The molecule has 1 aromatic heterocycles. The molecule has 1 aliphatic rings. The minimum Gasteiger partial charge on any atom is -0.327 e. The highest BCUT2D eigenvalue weighted by Crippen LogP contribution is 2.21. The van der Waals surface area contributed by atoms with E-state index in [2.05, 4.69) is 23.3 Å². The maximum Gasteiger partial charge on any atom is 0.0331 e. The first kappa shape index (κ1) is 11.1. The maximum absolute atomic E-state index is 5.99. The highest BCUT2D eigenvalue weighted by Gasteiger charge is 2.17. The lowest BCUT2D eigenvalue weighted by Gasteiger charge is -2.30. The molecule has 1 atom stereocenters. The minimum absolute atomic E-state index is 0.392. The zero-order valence-electron chi connectivity index (χ0n) is 9.41. The van der Waals surface area contributed by atoms with Gasteiger partial charge in [0.1, 0.15) is 0 Å². The Labute approximate surface area is 96.1 Å². The van der Waals surface area contributed by atoms with E-state index in [9.17, 15) is 0 Å². The predicted molar refractivity (Wildman–Crippen MR) is 66.2 cm³/mol. The van der Waals surface area contributed by atoms with Gasteiger partial charge in [-0.1, -0.05) is 6.92 Å². The maximum atomic E-state index is 5.99. The van der Waals surface area contributed by atoms with Crippen molar-refractivity contribution in [2.24, 2.45) is 5.73 Å². The largest absolute Gasteiger partial charge is 0.327 e. The lowest BCUT2D eigenvalue weighted by molar-refractivity contribution is 0.203. The molecule has 1 fully saturated rings. The third-order valence-corrected chi connectivity index (χ3v) is 4.08. The second kappa shape index (κ2) is 5.10. The number of nitrogens with two attached hydrogens (primary N) is 1. The van der Waals surface area contributed by atoms with Gasteiger partial charge in [0, 0.05) is 24.0 Å². The van der Waals surface area contributed by atoms with Crippen LogP contribution in [0, 0.1) is 0 Å².